The van der Waals surface area contributed by atoms with Crippen molar-refractivity contribution in [3.8, 4) is 0 Å². The lowest BCUT2D eigenvalue weighted by Crippen LogP contribution is -2.49. The number of nitrogens with zero attached hydrogens (tertiary/aromatic N) is 1. The normalized spacial score (nSPS) is 40.1. The van der Waals surface area contributed by atoms with E-state index < -0.39 is 0 Å². The molecule has 6 atom stereocenters. The highest BCUT2D eigenvalue weighted by Crippen LogP contribution is 2.59. The van der Waals surface area contributed by atoms with Gasteiger partial charge in [0, 0.05) is 24.5 Å². The molecular weight excluding hydrogens is 270 g/mol. The van der Waals surface area contributed by atoms with Crippen LogP contribution in [-0.4, -0.2) is 50.2 Å². The average Bonchev–Trinajstić information content (AvgIpc) is 3.05. The van der Waals surface area contributed by atoms with E-state index in [1.807, 2.05) is 14.1 Å². The molecule has 3 aliphatic rings. The van der Waals surface area contributed by atoms with E-state index in [1.54, 1.807) is 0 Å². The lowest BCUT2D eigenvalue weighted by Gasteiger charge is -2.40. The minimum absolute atomic E-state index is 0.0583. The van der Waals surface area contributed by atoms with Gasteiger partial charge in [0.2, 0.25) is 0 Å². The number of carbonyl (C=O) groups excluding carboxylic acids is 2. The second-order valence-corrected chi connectivity index (χ2v) is 6.72. The van der Waals surface area contributed by atoms with Gasteiger partial charge in [-0.2, -0.15) is 0 Å². The molecule has 3 rings (SSSR count). The molecule has 3 aliphatic carbocycles. The van der Waals surface area contributed by atoms with Crippen LogP contribution in [0.3, 0.4) is 0 Å². The summed E-state index contributed by atoms with van der Waals surface area (Å²) in [7, 11) is 5.51. The second kappa shape index (κ2) is 5.13. The predicted octanol–water partition coefficient (Wildman–Crippen LogP) is 1.23. The van der Waals surface area contributed by atoms with Gasteiger partial charge in [-0.25, -0.2) is 4.79 Å². The molecule has 0 aromatic heterocycles. The molecule has 0 radical (unpaired) electrons. The number of rotatable bonds is 3. The van der Waals surface area contributed by atoms with Gasteiger partial charge < -0.3 is 14.4 Å². The molecule has 0 aliphatic heterocycles. The van der Waals surface area contributed by atoms with Crippen molar-refractivity contribution in [1.29, 1.82) is 0 Å². The predicted molar refractivity (Wildman–Crippen MR) is 76.3 cm³/mol. The summed E-state index contributed by atoms with van der Waals surface area (Å²) in [5, 5.41) is 0. The summed E-state index contributed by atoms with van der Waals surface area (Å²) in [6, 6.07) is 0.255. The molecule has 0 amide bonds. The molecule has 0 aromatic rings. The molecule has 0 heterocycles. The first kappa shape index (κ1) is 14.6. The fourth-order valence-electron chi connectivity index (χ4n) is 4.89. The molecule has 0 N–H and O–H groups in total. The molecule has 116 valence electrons. The Balaban J connectivity index is 1.85. The molecule has 2 fully saturated rings. The molecule has 2 bridgehead atoms. The summed E-state index contributed by atoms with van der Waals surface area (Å²) >= 11 is 0. The monoisotopic (exact) mass is 293 g/mol. The van der Waals surface area contributed by atoms with Crippen LogP contribution in [0.25, 0.3) is 0 Å². The Bertz CT molecular complexity index is 499. The van der Waals surface area contributed by atoms with Gasteiger partial charge >= 0.3 is 11.9 Å². The van der Waals surface area contributed by atoms with Gasteiger partial charge in [0.05, 0.1) is 7.11 Å². The number of esters is 2. The Morgan fingerprint density at radius 2 is 1.95 bits per heavy atom. The van der Waals surface area contributed by atoms with Crippen molar-refractivity contribution in [3.63, 3.8) is 0 Å². The molecule has 0 aromatic carbocycles. The Kier molecular flexibility index (Phi) is 3.56. The Labute approximate surface area is 125 Å². The smallest absolute Gasteiger partial charge is 0.333 e. The van der Waals surface area contributed by atoms with E-state index in [2.05, 4.69) is 11.0 Å². The van der Waals surface area contributed by atoms with Crippen LogP contribution in [0.4, 0.5) is 0 Å². The molecule has 21 heavy (non-hydrogen) atoms. The number of hydrogen-bond acceptors (Lipinski definition) is 5. The van der Waals surface area contributed by atoms with Crippen LogP contribution in [0.5, 0.6) is 0 Å². The third-order valence-electron chi connectivity index (χ3n) is 5.48. The highest BCUT2D eigenvalue weighted by molar-refractivity contribution is 5.89. The number of allylic oxidation sites excluding steroid dienone is 1. The van der Waals surface area contributed by atoms with Crippen LogP contribution in [0.1, 0.15) is 19.8 Å². The maximum Gasteiger partial charge on any atom is 0.333 e. The van der Waals surface area contributed by atoms with Gasteiger partial charge in [0.15, 0.2) is 0 Å². The van der Waals surface area contributed by atoms with Gasteiger partial charge in [0.25, 0.3) is 0 Å². The average molecular weight is 293 g/mol. The number of methoxy groups -OCH3 is 1. The first-order valence-electron chi connectivity index (χ1n) is 7.56. The van der Waals surface area contributed by atoms with Crippen molar-refractivity contribution < 1.29 is 19.1 Å². The van der Waals surface area contributed by atoms with Crippen molar-refractivity contribution >= 4 is 11.9 Å². The van der Waals surface area contributed by atoms with E-state index in [9.17, 15) is 9.59 Å². The molecule has 0 unspecified atom stereocenters. The van der Waals surface area contributed by atoms with Crippen LogP contribution in [0.2, 0.25) is 0 Å². The van der Waals surface area contributed by atoms with Crippen LogP contribution in [0, 0.1) is 23.7 Å². The van der Waals surface area contributed by atoms with E-state index >= 15 is 0 Å². The Morgan fingerprint density at radius 3 is 2.52 bits per heavy atom. The lowest BCUT2D eigenvalue weighted by atomic mass is 9.76. The van der Waals surface area contributed by atoms with E-state index in [-0.39, 0.29) is 24.1 Å². The molecule has 5 nitrogen and oxygen atoms in total. The zero-order valence-electron chi connectivity index (χ0n) is 13.0. The molecule has 0 spiro atoms. The van der Waals surface area contributed by atoms with Crippen molar-refractivity contribution in [1.82, 2.24) is 4.90 Å². The first-order valence-corrected chi connectivity index (χ1v) is 7.56. The first-order chi connectivity index (χ1) is 9.93. The van der Waals surface area contributed by atoms with Crippen LogP contribution < -0.4 is 0 Å². The summed E-state index contributed by atoms with van der Waals surface area (Å²) < 4.78 is 10.5. The second-order valence-electron chi connectivity index (χ2n) is 6.72. The minimum Gasteiger partial charge on any atom is -0.466 e. The summed E-state index contributed by atoms with van der Waals surface area (Å²) in [5.74, 6) is 1.23. The van der Waals surface area contributed by atoms with Gasteiger partial charge in [-0.05, 0) is 44.7 Å². The molecule has 2 saturated carbocycles. The van der Waals surface area contributed by atoms with Gasteiger partial charge in [0.1, 0.15) is 6.10 Å². The number of ether oxygens (including phenoxy) is 2. The molecule has 0 saturated heterocycles. The minimum atomic E-state index is -0.217. The zero-order valence-corrected chi connectivity index (χ0v) is 13.0. The van der Waals surface area contributed by atoms with Crippen LogP contribution in [0.15, 0.2) is 11.6 Å². The highest BCUT2D eigenvalue weighted by Gasteiger charge is 2.61. The fourth-order valence-corrected chi connectivity index (χ4v) is 4.89. The highest BCUT2D eigenvalue weighted by atomic mass is 16.5. The van der Waals surface area contributed by atoms with Gasteiger partial charge in [-0.3, -0.25) is 4.79 Å². The van der Waals surface area contributed by atoms with Crippen molar-refractivity contribution in [2.45, 2.75) is 31.9 Å². The van der Waals surface area contributed by atoms with Crippen molar-refractivity contribution in [2.24, 2.45) is 23.7 Å². The van der Waals surface area contributed by atoms with Crippen LogP contribution in [-0.2, 0) is 19.1 Å². The Morgan fingerprint density at radius 1 is 1.24 bits per heavy atom. The van der Waals surface area contributed by atoms with E-state index in [4.69, 9.17) is 9.47 Å². The Hall–Kier alpha value is -1.36. The number of carbonyl (C=O) groups is 2. The van der Waals surface area contributed by atoms with Gasteiger partial charge in [-0.1, -0.05) is 6.08 Å². The lowest BCUT2D eigenvalue weighted by molar-refractivity contribution is -0.154. The third kappa shape index (κ3) is 2.18. The fraction of sp³-hybridized carbons (Fsp3) is 0.750. The van der Waals surface area contributed by atoms with Crippen molar-refractivity contribution in [3.05, 3.63) is 11.6 Å². The van der Waals surface area contributed by atoms with Crippen LogP contribution >= 0.6 is 0 Å². The van der Waals surface area contributed by atoms with Gasteiger partial charge in [-0.15, -0.1) is 0 Å². The topological polar surface area (TPSA) is 55.8 Å². The number of hydrogen-bond donors (Lipinski definition) is 0. The standard InChI is InChI=1S/C16H23NO4/c1-8(18)21-15-13-7-12(14(15)17(2)3)10-5-9(6-11(10)13)16(19)20-4/h6,10-15H,5,7H2,1-4H3/t10-,11-,12+,13-,14-,15+/m0/s1. The maximum absolute atomic E-state index is 11.8. The largest absolute Gasteiger partial charge is 0.466 e. The number of fused-ring (bicyclic) bond motifs is 5. The van der Waals surface area contributed by atoms with E-state index in [1.165, 1.54) is 14.0 Å². The summed E-state index contributed by atoms with van der Waals surface area (Å²) in [6.45, 7) is 1.47. The SMILES string of the molecule is COC(=O)C1=C[C@H]2[C@H](C1)[C@H]1C[C@@H]2[C@@H](OC(C)=O)[C@H]1N(C)C. The van der Waals surface area contributed by atoms with E-state index in [0.29, 0.717) is 23.7 Å². The molecule has 5 heteroatoms. The van der Waals surface area contributed by atoms with Crippen molar-refractivity contribution in [2.75, 3.05) is 21.2 Å². The van der Waals surface area contributed by atoms with E-state index in [0.717, 1.165) is 18.4 Å². The number of likely N-dealkylation sites (N-methyl/N-ethyl adjacent to an activating group) is 1. The quantitative estimate of drug-likeness (QED) is 0.733. The summed E-state index contributed by atoms with van der Waals surface area (Å²) in [4.78, 5) is 25.4. The maximum atomic E-state index is 11.8. The molecular formula is C16H23NO4. The summed E-state index contributed by atoms with van der Waals surface area (Å²) in [6.07, 6.45) is 3.90. The zero-order chi connectivity index (χ0) is 15.3. The summed E-state index contributed by atoms with van der Waals surface area (Å²) in [5.41, 5.74) is 0.795. The third-order valence-corrected chi connectivity index (χ3v) is 5.48.